The molecule has 2 heterocycles. The normalized spacial score (nSPS) is 11.1. The van der Waals surface area contributed by atoms with E-state index < -0.39 is 0 Å². The van der Waals surface area contributed by atoms with Crippen LogP contribution in [0.15, 0.2) is 24.8 Å². The van der Waals surface area contributed by atoms with E-state index in [1.807, 2.05) is 23.8 Å². The molecule has 90 valence electrons. The van der Waals surface area contributed by atoms with E-state index in [1.54, 1.807) is 12.5 Å². The standard InChI is InChI=1S/C13H18N4/c1-9(2)7-17-8-16-12(13(17)14)11-6-15-5-4-10(11)3/h4-6,8-9H,7,14H2,1-3H3. The van der Waals surface area contributed by atoms with Crippen molar-refractivity contribution in [2.75, 3.05) is 5.73 Å². The van der Waals surface area contributed by atoms with E-state index in [9.17, 15) is 0 Å². The molecule has 0 radical (unpaired) electrons. The molecule has 0 aliphatic heterocycles. The number of aromatic nitrogens is 3. The Hall–Kier alpha value is -1.84. The van der Waals surface area contributed by atoms with Gasteiger partial charge in [0.2, 0.25) is 0 Å². The van der Waals surface area contributed by atoms with E-state index in [0.29, 0.717) is 5.92 Å². The first-order valence-corrected chi connectivity index (χ1v) is 5.81. The summed E-state index contributed by atoms with van der Waals surface area (Å²) in [5.74, 6) is 1.27. The average Bonchev–Trinajstić information content (AvgIpc) is 2.61. The number of hydrogen-bond donors (Lipinski definition) is 1. The fourth-order valence-corrected chi connectivity index (χ4v) is 1.85. The number of anilines is 1. The van der Waals surface area contributed by atoms with Crippen molar-refractivity contribution in [1.29, 1.82) is 0 Å². The van der Waals surface area contributed by atoms with Gasteiger partial charge in [-0.05, 0) is 24.5 Å². The van der Waals surface area contributed by atoms with Crippen LogP contribution in [0, 0.1) is 12.8 Å². The second-order valence-electron chi connectivity index (χ2n) is 4.72. The molecule has 0 amide bonds. The summed E-state index contributed by atoms with van der Waals surface area (Å²) in [6, 6.07) is 1.97. The molecule has 2 N–H and O–H groups in total. The molecular weight excluding hydrogens is 212 g/mol. The first-order chi connectivity index (χ1) is 8.09. The molecular formula is C13H18N4. The molecule has 0 saturated carbocycles. The molecule has 2 aromatic heterocycles. The van der Waals surface area contributed by atoms with Crippen molar-refractivity contribution in [3.63, 3.8) is 0 Å². The molecule has 4 nitrogen and oxygen atoms in total. The molecule has 0 aliphatic rings. The van der Waals surface area contributed by atoms with Gasteiger partial charge in [-0.25, -0.2) is 4.98 Å². The molecule has 17 heavy (non-hydrogen) atoms. The minimum absolute atomic E-state index is 0.550. The number of imidazole rings is 1. The van der Waals surface area contributed by atoms with Crippen LogP contribution in [-0.2, 0) is 6.54 Å². The van der Waals surface area contributed by atoms with Crippen LogP contribution in [0.5, 0.6) is 0 Å². The van der Waals surface area contributed by atoms with Gasteiger partial charge < -0.3 is 10.3 Å². The van der Waals surface area contributed by atoms with Crippen LogP contribution in [0.4, 0.5) is 5.82 Å². The van der Waals surface area contributed by atoms with E-state index in [4.69, 9.17) is 5.73 Å². The molecule has 2 rings (SSSR count). The highest BCUT2D eigenvalue weighted by Crippen LogP contribution is 2.26. The smallest absolute Gasteiger partial charge is 0.131 e. The van der Waals surface area contributed by atoms with Crippen LogP contribution in [0.2, 0.25) is 0 Å². The molecule has 0 aromatic carbocycles. The van der Waals surface area contributed by atoms with Crippen LogP contribution in [0.1, 0.15) is 19.4 Å². The van der Waals surface area contributed by atoms with Crippen molar-refractivity contribution in [1.82, 2.24) is 14.5 Å². The Kier molecular flexibility index (Phi) is 3.13. The highest BCUT2D eigenvalue weighted by Gasteiger charge is 2.12. The van der Waals surface area contributed by atoms with Crippen LogP contribution < -0.4 is 5.73 Å². The molecule has 2 aromatic rings. The largest absolute Gasteiger partial charge is 0.383 e. The molecule has 0 unspecified atom stereocenters. The quantitative estimate of drug-likeness (QED) is 0.881. The lowest BCUT2D eigenvalue weighted by Gasteiger charge is -2.08. The summed E-state index contributed by atoms with van der Waals surface area (Å²) in [4.78, 5) is 8.53. The predicted octanol–water partition coefficient (Wildman–Crippen LogP) is 2.49. The van der Waals surface area contributed by atoms with Gasteiger partial charge in [-0.2, -0.15) is 0 Å². The zero-order valence-electron chi connectivity index (χ0n) is 10.5. The summed E-state index contributed by atoms with van der Waals surface area (Å²) in [5.41, 5.74) is 9.10. The third-order valence-corrected chi connectivity index (χ3v) is 2.73. The summed E-state index contributed by atoms with van der Waals surface area (Å²) < 4.78 is 1.99. The maximum absolute atomic E-state index is 6.13. The maximum atomic E-state index is 6.13. The van der Waals surface area contributed by atoms with Gasteiger partial charge >= 0.3 is 0 Å². The Bertz CT molecular complexity index is 514. The van der Waals surface area contributed by atoms with Crippen LogP contribution >= 0.6 is 0 Å². The van der Waals surface area contributed by atoms with Gasteiger partial charge in [0.15, 0.2) is 0 Å². The lowest BCUT2D eigenvalue weighted by Crippen LogP contribution is -2.07. The van der Waals surface area contributed by atoms with E-state index in [1.165, 1.54) is 0 Å². The van der Waals surface area contributed by atoms with Crippen molar-refractivity contribution in [2.24, 2.45) is 5.92 Å². The Morgan fingerprint density at radius 3 is 2.82 bits per heavy atom. The number of nitrogens with two attached hydrogens (primary N) is 1. The Labute approximate surface area is 102 Å². The molecule has 0 bridgehead atoms. The van der Waals surface area contributed by atoms with E-state index >= 15 is 0 Å². The number of nitrogen functional groups attached to an aromatic ring is 1. The molecule has 0 aliphatic carbocycles. The lowest BCUT2D eigenvalue weighted by atomic mass is 10.1. The van der Waals surface area contributed by atoms with Gasteiger partial charge in [0.1, 0.15) is 11.5 Å². The van der Waals surface area contributed by atoms with Crippen molar-refractivity contribution in [3.05, 3.63) is 30.4 Å². The summed E-state index contributed by atoms with van der Waals surface area (Å²) in [6.45, 7) is 7.25. The topological polar surface area (TPSA) is 56.7 Å². The van der Waals surface area contributed by atoms with Crippen LogP contribution in [0.3, 0.4) is 0 Å². The summed E-state index contributed by atoms with van der Waals surface area (Å²) in [6.07, 6.45) is 5.39. The number of aryl methyl sites for hydroxylation is 1. The van der Waals surface area contributed by atoms with Crippen molar-refractivity contribution >= 4 is 5.82 Å². The van der Waals surface area contributed by atoms with Gasteiger partial charge in [0.25, 0.3) is 0 Å². The second kappa shape index (κ2) is 4.57. The Morgan fingerprint density at radius 2 is 2.18 bits per heavy atom. The first kappa shape index (κ1) is 11.6. The molecule has 0 spiro atoms. The molecule has 0 saturated heterocycles. The van der Waals surface area contributed by atoms with Gasteiger partial charge in [-0.3, -0.25) is 4.98 Å². The van der Waals surface area contributed by atoms with E-state index in [2.05, 4.69) is 23.8 Å². The zero-order valence-corrected chi connectivity index (χ0v) is 10.5. The maximum Gasteiger partial charge on any atom is 0.131 e. The van der Waals surface area contributed by atoms with Gasteiger partial charge in [-0.15, -0.1) is 0 Å². The van der Waals surface area contributed by atoms with Crippen molar-refractivity contribution < 1.29 is 0 Å². The number of nitrogens with zero attached hydrogens (tertiary/aromatic N) is 3. The SMILES string of the molecule is Cc1ccncc1-c1ncn(CC(C)C)c1N. The van der Waals surface area contributed by atoms with Crippen LogP contribution in [-0.4, -0.2) is 14.5 Å². The molecule has 4 heteroatoms. The second-order valence-corrected chi connectivity index (χ2v) is 4.72. The first-order valence-electron chi connectivity index (χ1n) is 5.81. The van der Waals surface area contributed by atoms with Crippen LogP contribution in [0.25, 0.3) is 11.3 Å². The number of rotatable bonds is 3. The Morgan fingerprint density at radius 1 is 1.41 bits per heavy atom. The van der Waals surface area contributed by atoms with Crippen molar-refractivity contribution in [2.45, 2.75) is 27.3 Å². The fourth-order valence-electron chi connectivity index (χ4n) is 1.85. The minimum Gasteiger partial charge on any atom is -0.383 e. The molecule has 0 atom stereocenters. The summed E-state index contributed by atoms with van der Waals surface area (Å²) in [5, 5.41) is 0. The minimum atomic E-state index is 0.550. The lowest BCUT2D eigenvalue weighted by molar-refractivity contribution is 0.527. The van der Waals surface area contributed by atoms with E-state index in [0.717, 1.165) is 29.2 Å². The average molecular weight is 230 g/mol. The third-order valence-electron chi connectivity index (χ3n) is 2.73. The summed E-state index contributed by atoms with van der Waals surface area (Å²) >= 11 is 0. The Balaban J connectivity index is 2.41. The fraction of sp³-hybridized carbons (Fsp3) is 0.385. The molecule has 0 fully saturated rings. The highest BCUT2D eigenvalue weighted by molar-refractivity contribution is 5.72. The number of hydrogen-bond acceptors (Lipinski definition) is 3. The summed E-state index contributed by atoms with van der Waals surface area (Å²) in [7, 11) is 0. The zero-order chi connectivity index (χ0) is 12.4. The van der Waals surface area contributed by atoms with Gasteiger partial charge in [0, 0.05) is 24.5 Å². The van der Waals surface area contributed by atoms with Gasteiger partial charge in [0.05, 0.1) is 6.33 Å². The van der Waals surface area contributed by atoms with Crippen molar-refractivity contribution in [3.8, 4) is 11.3 Å². The third kappa shape index (κ3) is 2.30. The highest BCUT2D eigenvalue weighted by atomic mass is 15.1. The number of pyridine rings is 1. The predicted molar refractivity (Wildman–Crippen MR) is 69.4 cm³/mol. The van der Waals surface area contributed by atoms with E-state index in [-0.39, 0.29) is 0 Å². The van der Waals surface area contributed by atoms with Gasteiger partial charge in [-0.1, -0.05) is 13.8 Å². The monoisotopic (exact) mass is 230 g/mol.